The third kappa shape index (κ3) is 3.20. The van der Waals surface area contributed by atoms with Gasteiger partial charge in [0.1, 0.15) is 18.3 Å². The highest BCUT2D eigenvalue weighted by Gasteiger charge is 2.43. The summed E-state index contributed by atoms with van der Waals surface area (Å²) in [5.41, 5.74) is 0. The van der Waals surface area contributed by atoms with Crippen molar-refractivity contribution in [3.05, 3.63) is 0 Å². The molecule has 15 heavy (non-hydrogen) atoms. The highest BCUT2D eigenvalue weighted by Crippen LogP contribution is 2.47. The number of ether oxygens (including phenoxy) is 1. The zero-order chi connectivity index (χ0) is 11.6. The van der Waals surface area contributed by atoms with Gasteiger partial charge in [-0.1, -0.05) is 0 Å². The van der Waals surface area contributed by atoms with Crippen LogP contribution in [0.1, 0.15) is 6.92 Å². The van der Waals surface area contributed by atoms with E-state index in [9.17, 15) is 5.11 Å². The molecule has 1 aliphatic heterocycles. The van der Waals surface area contributed by atoms with Crippen LogP contribution in [0.4, 0.5) is 0 Å². The van der Waals surface area contributed by atoms with E-state index in [1.165, 1.54) is 7.11 Å². The molecule has 0 saturated carbocycles. The molecule has 0 radical (unpaired) electrons. The summed E-state index contributed by atoms with van der Waals surface area (Å²) in [5, 5.41) is 18.8. The first-order valence-electron chi connectivity index (χ1n) is 4.67. The number of rotatable bonds is 4. The van der Waals surface area contributed by atoms with Gasteiger partial charge in [-0.2, -0.15) is 0 Å². The van der Waals surface area contributed by atoms with Crippen LogP contribution in [0.3, 0.4) is 0 Å². The van der Waals surface area contributed by atoms with Gasteiger partial charge in [0, 0.05) is 13.8 Å². The van der Waals surface area contributed by atoms with Gasteiger partial charge in [-0.05, 0) is 18.7 Å². The maximum Gasteiger partial charge on any atom is 0.185 e. The Balaban J connectivity index is 2.70. The quantitative estimate of drug-likeness (QED) is 0.695. The lowest BCUT2D eigenvalue weighted by molar-refractivity contribution is -0.0112. The molecular weight excluding hydrogens is 239 g/mol. The topological polar surface area (TPSA) is 68.2 Å². The Bertz CT molecular complexity index is 261. The van der Waals surface area contributed by atoms with Crippen molar-refractivity contribution >= 4 is 18.3 Å². The van der Waals surface area contributed by atoms with E-state index in [0.717, 1.165) is 0 Å². The third-order valence-corrected chi connectivity index (χ3v) is 4.39. The van der Waals surface area contributed by atoms with E-state index in [2.05, 4.69) is 0 Å². The van der Waals surface area contributed by atoms with Crippen molar-refractivity contribution in [3.63, 3.8) is 0 Å². The van der Waals surface area contributed by atoms with Gasteiger partial charge >= 0.3 is 0 Å². The molecule has 0 bridgehead atoms. The minimum Gasteiger partial charge on any atom is -0.394 e. The first-order valence-corrected chi connectivity index (χ1v) is 7.76. The molecule has 1 saturated heterocycles. The molecule has 0 aromatic carbocycles. The van der Waals surface area contributed by atoms with Crippen LogP contribution in [-0.4, -0.2) is 55.0 Å². The molecule has 0 spiro atoms. The Kier molecular flexibility index (Phi) is 4.67. The molecule has 0 aromatic rings. The maximum absolute atomic E-state index is 9.77. The second-order valence-corrected chi connectivity index (χ2v) is 7.69. The van der Waals surface area contributed by atoms with Crippen LogP contribution in [0.2, 0.25) is 0 Å². The second kappa shape index (κ2) is 5.19. The summed E-state index contributed by atoms with van der Waals surface area (Å²) in [6.45, 7) is 0.840. The number of hydrogen-bond acceptors (Lipinski definition) is 6. The summed E-state index contributed by atoms with van der Waals surface area (Å²) < 4.78 is 15.9. The van der Waals surface area contributed by atoms with Gasteiger partial charge in [0.2, 0.25) is 0 Å². The molecule has 0 aliphatic carbocycles. The molecule has 0 amide bonds. The fraction of sp³-hybridized carbons (Fsp3) is 1.00. The minimum absolute atomic E-state index is 0.203. The molecule has 1 rings (SSSR count). The predicted octanol–water partition coefficient (Wildman–Crippen LogP) is 0.0978. The lowest BCUT2D eigenvalue weighted by Gasteiger charge is -2.24. The van der Waals surface area contributed by atoms with E-state index >= 15 is 0 Å². The lowest BCUT2D eigenvalue weighted by Crippen LogP contribution is -2.35. The fourth-order valence-corrected chi connectivity index (χ4v) is 2.55. The second-order valence-electron chi connectivity index (χ2n) is 3.58. The molecule has 2 unspecified atom stereocenters. The number of aliphatic hydroxyl groups is 2. The van der Waals surface area contributed by atoms with Gasteiger partial charge < -0.3 is 24.0 Å². The molecule has 0 aromatic heterocycles. The lowest BCUT2D eigenvalue weighted by atomic mass is 10.1. The maximum atomic E-state index is 9.77. The molecule has 1 heterocycles. The Morgan fingerprint density at radius 2 is 2.13 bits per heavy atom. The van der Waals surface area contributed by atoms with E-state index in [1.807, 2.05) is 0 Å². The monoisotopic (exact) mass is 256 g/mol. The largest absolute Gasteiger partial charge is 0.394 e. The van der Waals surface area contributed by atoms with Crippen molar-refractivity contribution in [2.75, 3.05) is 20.4 Å². The van der Waals surface area contributed by atoms with Gasteiger partial charge in [0.25, 0.3) is 0 Å². The van der Waals surface area contributed by atoms with Gasteiger partial charge in [0.15, 0.2) is 6.49 Å². The van der Waals surface area contributed by atoms with Crippen LogP contribution in [0.5, 0.6) is 0 Å². The molecule has 5 nitrogen and oxygen atoms in total. The van der Waals surface area contributed by atoms with Crippen LogP contribution in [0.25, 0.3) is 0 Å². The summed E-state index contributed by atoms with van der Waals surface area (Å²) in [7, 11) is 1.47. The van der Waals surface area contributed by atoms with E-state index in [1.54, 1.807) is 13.6 Å². The zero-order valence-electron chi connectivity index (χ0n) is 8.99. The van der Waals surface area contributed by atoms with Gasteiger partial charge in [0.05, 0.1) is 12.7 Å². The smallest absolute Gasteiger partial charge is 0.185 e. The standard InChI is InChI=1S/C8H17O5PS/c1-5-7(10)8(6(4-9)12-5)13-14(3,15)11-2/h5-10H,4H2,1-3H3/t5-,6+,7+,8?,14?/m0/s1. The third-order valence-electron chi connectivity index (χ3n) is 2.40. The highest BCUT2D eigenvalue weighted by molar-refractivity contribution is 8.09. The summed E-state index contributed by atoms with van der Waals surface area (Å²) in [4.78, 5) is 0. The summed E-state index contributed by atoms with van der Waals surface area (Å²) in [6, 6.07) is 0. The predicted molar refractivity (Wildman–Crippen MR) is 59.5 cm³/mol. The van der Waals surface area contributed by atoms with Crippen molar-refractivity contribution < 1.29 is 24.0 Å². The summed E-state index contributed by atoms with van der Waals surface area (Å²) in [6.07, 6.45) is -2.29. The first-order chi connectivity index (χ1) is 6.91. The van der Waals surface area contributed by atoms with E-state index in [0.29, 0.717) is 0 Å². The average Bonchev–Trinajstić information content (AvgIpc) is 2.45. The minimum atomic E-state index is -2.35. The zero-order valence-corrected chi connectivity index (χ0v) is 10.7. The summed E-state index contributed by atoms with van der Waals surface area (Å²) >= 11 is 5.09. The van der Waals surface area contributed by atoms with E-state index in [4.69, 9.17) is 30.7 Å². The number of aliphatic hydroxyl groups excluding tert-OH is 2. The van der Waals surface area contributed by atoms with Crippen molar-refractivity contribution in [1.29, 1.82) is 0 Å². The summed E-state index contributed by atoms with van der Waals surface area (Å²) in [5.74, 6) is 0. The van der Waals surface area contributed by atoms with Crippen molar-refractivity contribution in [3.8, 4) is 0 Å². The van der Waals surface area contributed by atoms with Gasteiger partial charge in [-0.3, -0.25) is 0 Å². The van der Waals surface area contributed by atoms with Crippen molar-refractivity contribution in [2.24, 2.45) is 0 Å². The van der Waals surface area contributed by atoms with Crippen molar-refractivity contribution in [2.45, 2.75) is 31.3 Å². The Labute approximate surface area is 94.5 Å². The van der Waals surface area contributed by atoms with Crippen LogP contribution in [0.15, 0.2) is 0 Å². The van der Waals surface area contributed by atoms with Gasteiger partial charge in [-0.15, -0.1) is 0 Å². The molecule has 5 atom stereocenters. The normalized spacial score (nSPS) is 40.3. The van der Waals surface area contributed by atoms with E-state index in [-0.39, 0.29) is 12.7 Å². The number of hydrogen-bond donors (Lipinski definition) is 2. The SMILES string of the molecule is COP(C)(=S)OC1[C@@H](CO)O[C@@H](C)[C@H]1O. The van der Waals surface area contributed by atoms with Crippen LogP contribution in [0, 0.1) is 0 Å². The van der Waals surface area contributed by atoms with Gasteiger partial charge in [-0.25, -0.2) is 0 Å². The Morgan fingerprint density at radius 3 is 2.60 bits per heavy atom. The van der Waals surface area contributed by atoms with Crippen LogP contribution in [-0.2, 0) is 25.6 Å². The highest BCUT2D eigenvalue weighted by atomic mass is 32.5. The molecule has 2 N–H and O–H groups in total. The molecule has 90 valence electrons. The first kappa shape index (κ1) is 13.5. The average molecular weight is 256 g/mol. The molecular formula is C8H17O5PS. The van der Waals surface area contributed by atoms with E-state index < -0.39 is 24.8 Å². The Hall–Kier alpha value is 0.450. The molecule has 1 fully saturated rings. The fourth-order valence-electron chi connectivity index (χ4n) is 1.46. The molecule has 1 aliphatic rings. The molecule has 7 heteroatoms. The van der Waals surface area contributed by atoms with Crippen LogP contribution >= 0.6 is 6.49 Å². The van der Waals surface area contributed by atoms with Crippen LogP contribution < -0.4 is 0 Å². The van der Waals surface area contributed by atoms with Crippen molar-refractivity contribution in [1.82, 2.24) is 0 Å². The Morgan fingerprint density at radius 1 is 1.53 bits per heavy atom.